The van der Waals surface area contributed by atoms with Gasteiger partial charge in [-0.1, -0.05) is 0 Å². The first-order valence-corrected chi connectivity index (χ1v) is 7.98. The number of nitro groups is 1. The van der Waals surface area contributed by atoms with E-state index >= 15 is 0 Å². The number of aromatic nitrogens is 1. The molecule has 3 rings (SSSR count). The van der Waals surface area contributed by atoms with E-state index < -0.39 is 0 Å². The van der Waals surface area contributed by atoms with Gasteiger partial charge in [-0.25, -0.2) is 0 Å². The molecule has 4 nitrogen and oxygen atoms in total. The molecule has 0 aliphatic rings. The standard InChI is InChI=1S/C14H10N2O2SSe/c1-9-11(6-4-7-12(9)16(17)18)15-14(19)10-5-2-3-8-13(10)20-15/h2-8H,1H3. The van der Waals surface area contributed by atoms with E-state index in [9.17, 15) is 10.1 Å². The number of nitrogens with zero attached hydrogens (tertiary/aromatic N) is 2. The second-order valence-corrected chi connectivity index (χ2v) is 6.82. The molecular formula is C14H10N2O2SSe. The summed E-state index contributed by atoms with van der Waals surface area (Å²) in [5.74, 6) is 0. The fourth-order valence-corrected chi connectivity index (χ4v) is 5.03. The first kappa shape index (κ1) is 13.2. The van der Waals surface area contributed by atoms with Crippen molar-refractivity contribution in [2.45, 2.75) is 6.92 Å². The van der Waals surface area contributed by atoms with Crippen molar-refractivity contribution >= 4 is 42.3 Å². The van der Waals surface area contributed by atoms with Crippen molar-refractivity contribution in [3.63, 3.8) is 0 Å². The van der Waals surface area contributed by atoms with Crippen molar-refractivity contribution in [2.75, 3.05) is 0 Å². The molecule has 0 atom stereocenters. The van der Waals surface area contributed by atoms with Crippen LogP contribution in [0.3, 0.4) is 0 Å². The van der Waals surface area contributed by atoms with Crippen molar-refractivity contribution in [1.82, 2.24) is 3.56 Å². The summed E-state index contributed by atoms with van der Waals surface area (Å²) >= 11 is 5.55. The molecule has 0 bridgehead atoms. The topological polar surface area (TPSA) is 48.1 Å². The van der Waals surface area contributed by atoms with E-state index in [4.69, 9.17) is 12.2 Å². The minimum atomic E-state index is -0.349. The first-order chi connectivity index (χ1) is 9.59. The average Bonchev–Trinajstić information content (AvgIpc) is 2.76. The monoisotopic (exact) mass is 350 g/mol. The average molecular weight is 349 g/mol. The third-order valence-corrected chi connectivity index (χ3v) is 6.19. The summed E-state index contributed by atoms with van der Waals surface area (Å²) in [6, 6.07) is 13.2. The number of fused-ring (bicyclic) bond motifs is 1. The molecule has 0 unspecified atom stereocenters. The maximum absolute atomic E-state index is 11.0. The molecule has 0 aliphatic heterocycles. The quantitative estimate of drug-likeness (QED) is 0.307. The van der Waals surface area contributed by atoms with Crippen LogP contribution >= 0.6 is 12.2 Å². The molecule has 1 heterocycles. The van der Waals surface area contributed by atoms with Crippen LogP contribution in [0.2, 0.25) is 0 Å². The van der Waals surface area contributed by atoms with Gasteiger partial charge in [-0.3, -0.25) is 0 Å². The van der Waals surface area contributed by atoms with Crippen molar-refractivity contribution < 1.29 is 4.92 Å². The Balaban J connectivity index is 2.32. The fourth-order valence-electron chi connectivity index (χ4n) is 2.16. The zero-order valence-corrected chi connectivity index (χ0v) is 13.1. The molecule has 100 valence electrons. The minimum absolute atomic E-state index is 0.0354. The Morgan fingerprint density at radius 3 is 2.65 bits per heavy atom. The Bertz CT molecular complexity index is 882. The second-order valence-electron chi connectivity index (χ2n) is 4.37. The van der Waals surface area contributed by atoms with Gasteiger partial charge in [0.2, 0.25) is 0 Å². The van der Waals surface area contributed by atoms with E-state index in [1.165, 1.54) is 10.3 Å². The number of benzene rings is 2. The predicted molar refractivity (Wildman–Crippen MR) is 82.4 cm³/mol. The first-order valence-electron chi connectivity index (χ1n) is 5.95. The summed E-state index contributed by atoms with van der Waals surface area (Å²) in [6.45, 7) is 1.77. The molecule has 0 saturated heterocycles. The van der Waals surface area contributed by atoms with E-state index in [-0.39, 0.29) is 25.3 Å². The third kappa shape index (κ3) is 2.02. The van der Waals surface area contributed by atoms with Gasteiger partial charge in [-0.2, -0.15) is 0 Å². The van der Waals surface area contributed by atoms with Crippen LogP contribution in [0.1, 0.15) is 5.56 Å². The van der Waals surface area contributed by atoms with Gasteiger partial charge in [0.25, 0.3) is 0 Å². The fraction of sp³-hybridized carbons (Fsp3) is 0.0714. The van der Waals surface area contributed by atoms with Crippen LogP contribution in [0, 0.1) is 21.7 Å². The third-order valence-electron chi connectivity index (χ3n) is 3.18. The second kappa shape index (κ2) is 4.98. The predicted octanol–water partition coefficient (Wildman–Crippen LogP) is 3.63. The zero-order chi connectivity index (χ0) is 14.3. The van der Waals surface area contributed by atoms with Gasteiger partial charge < -0.3 is 0 Å². The molecule has 0 amide bonds. The molecular weight excluding hydrogens is 339 g/mol. The number of rotatable bonds is 2. The van der Waals surface area contributed by atoms with Gasteiger partial charge in [0.15, 0.2) is 0 Å². The van der Waals surface area contributed by atoms with Gasteiger partial charge in [0.05, 0.1) is 0 Å². The molecule has 0 spiro atoms. The van der Waals surface area contributed by atoms with Gasteiger partial charge in [0, 0.05) is 0 Å². The zero-order valence-electron chi connectivity index (χ0n) is 10.6. The summed E-state index contributed by atoms with van der Waals surface area (Å²) in [5.41, 5.74) is 1.63. The number of hydrogen-bond donors (Lipinski definition) is 0. The van der Waals surface area contributed by atoms with Gasteiger partial charge in [-0.05, 0) is 0 Å². The summed E-state index contributed by atoms with van der Waals surface area (Å²) in [7, 11) is 0. The van der Waals surface area contributed by atoms with Crippen molar-refractivity contribution in [3.05, 3.63) is 62.8 Å². The van der Waals surface area contributed by atoms with Gasteiger partial charge in [0.1, 0.15) is 0 Å². The Labute approximate surface area is 126 Å². The summed E-state index contributed by atoms with van der Waals surface area (Å²) in [6.07, 6.45) is 0. The van der Waals surface area contributed by atoms with E-state index in [1.54, 1.807) is 13.0 Å². The number of nitro benzene ring substituents is 1. The van der Waals surface area contributed by atoms with Crippen molar-refractivity contribution in [2.24, 2.45) is 0 Å². The van der Waals surface area contributed by atoms with Crippen LogP contribution in [0.4, 0.5) is 5.69 Å². The van der Waals surface area contributed by atoms with Crippen LogP contribution in [0.15, 0.2) is 42.5 Å². The Hall–Kier alpha value is -1.75. The summed E-state index contributed by atoms with van der Waals surface area (Å²) in [5, 5.41) is 12.1. The SMILES string of the molecule is Cc1c(-n2[se]c3ccccc3c2=S)cccc1[N+](=O)[O-]. The maximum atomic E-state index is 11.0. The molecule has 3 aromatic rings. The Kier molecular flexibility index (Phi) is 3.30. The molecule has 2 aromatic carbocycles. The molecule has 0 N–H and O–H groups in total. The van der Waals surface area contributed by atoms with Crippen LogP contribution in [0.25, 0.3) is 15.3 Å². The molecule has 0 saturated carbocycles. The number of hydrogen-bond acceptors (Lipinski definition) is 3. The van der Waals surface area contributed by atoms with Crippen molar-refractivity contribution in [3.8, 4) is 5.69 Å². The molecule has 6 heteroatoms. The van der Waals surface area contributed by atoms with E-state index in [0.29, 0.717) is 5.56 Å². The van der Waals surface area contributed by atoms with Crippen LogP contribution in [-0.4, -0.2) is 23.2 Å². The normalized spacial score (nSPS) is 10.8. The molecule has 1 aromatic heterocycles. The molecule has 20 heavy (non-hydrogen) atoms. The summed E-state index contributed by atoms with van der Waals surface area (Å²) in [4.78, 5) is 10.7. The molecule has 0 radical (unpaired) electrons. The van der Waals surface area contributed by atoms with E-state index in [2.05, 4.69) is 6.07 Å². The van der Waals surface area contributed by atoms with Crippen LogP contribution in [0.5, 0.6) is 0 Å². The molecule has 0 fully saturated rings. The van der Waals surface area contributed by atoms with Crippen LogP contribution in [-0.2, 0) is 0 Å². The van der Waals surface area contributed by atoms with Gasteiger partial charge >= 0.3 is 126 Å². The van der Waals surface area contributed by atoms with E-state index in [0.717, 1.165) is 15.7 Å². The van der Waals surface area contributed by atoms with Gasteiger partial charge in [-0.15, -0.1) is 0 Å². The Morgan fingerprint density at radius 2 is 1.95 bits per heavy atom. The Morgan fingerprint density at radius 1 is 1.20 bits per heavy atom. The summed E-state index contributed by atoms with van der Waals surface area (Å²) < 4.78 is 4.00. The molecule has 0 aliphatic carbocycles. The van der Waals surface area contributed by atoms with Crippen LogP contribution < -0.4 is 0 Å². The van der Waals surface area contributed by atoms with E-state index in [1.807, 2.05) is 27.8 Å². The van der Waals surface area contributed by atoms with Crippen molar-refractivity contribution in [1.29, 1.82) is 0 Å².